The molecule has 138 valence electrons. The van der Waals surface area contributed by atoms with Gasteiger partial charge in [-0.25, -0.2) is 0 Å². The van der Waals surface area contributed by atoms with Gasteiger partial charge in [-0.2, -0.15) is 0 Å². The van der Waals surface area contributed by atoms with Gasteiger partial charge in [0.25, 0.3) is 5.91 Å². The van der Waals surface area contributed by atoms with Crippen molar-refractivity contribution in [3.63, 3.8) is 0 Å². The SMILES string of the molecule is CCN1CCN(C(=O)c2cncc(NCCc3ccc(Cl)cc3)c2)CC1. The van der Waals surface area contributed by atoms with Crippen LogP contribution in [0.2, 0.25) is 5.02 Å². The van der Waals surface area contributed by atoms with Crippen molar-refractivity contribution in [1.29, 1.82) is 0 Å². The monoisotopic (exact) mass is 372 g/mol. The molecule has 1 fully saturated rings. The molecule has 1 amide bonds. The van der Waals surface area contributed by atoms with Gasteiger partial charge >= 0.3 is 0 Å². The number of halogens is 1. The number of rotatable bonds is 6. The second-order valence-corrected chi connectivity index (χ2v) is 6.93. The minimum absolute atomic E-state index is 0.0644. The van der Waals surface area contributed by atoms with E-state index in [1.165, 1.54) is 5.56 Å². The number of likely N-dealkylation sites (N-methyl/N-ethyl adjacent to an activating group) is 1. The zero-order chi connectivity index (χ0) is 18.4. The van der Waals surface area contributed by atoms with Gasteiger partial charge < -0.3 is 15.1 Å². The Morgan fingerprint density at radius 1 is 1.15 bits per heavy atom. The van der Waals surface area contributed by atoms with Gasteiger partial charge in [0.15, 0.2) is 0 Å². The first kappa shape index (κ1) is 18.7. The van der Waals surface area contributed by atoms with Gasteiger partial charge in [-0.05, 0) is 36.7 Å². The van der Waals surface area contributed by atoms with E-state index >= 15 is 0 Å². The van der Waals surface area contributed by atoms with Gasteiger partial charge in [0.05, 0.1) is 11.3 Å². The van der Waals surface area contributed by atoms with Gasteiger partial charge in [-0.15, -0.1) is 0 Å². The summed E-state index contributed by atoms with van der Waals surface area (Å²) in [5, 5.41) is 4.09. The molecular formula is C20H25ClN4O. The van der Waals surface area contributed by atoms with Crippen molar-refractivity contribution in [1.82, 2.24) is 14.8 Å². The Labute approximate surface area is 160 Å². The second-order valence-electron chi connectivity index (χ2n) is 6.49. The highest BCUT2D eigenvalue weighted by Gasteiger charge is 2.21. The molecule has 0 saturated carbocycles. The third kappa shape index (κ3) is 4.96. The number of carbonyl (C=O) groups excluding carboxylic acids is 1. The van der Waals surface area contributed by atoms with Crippen molar-refractivity contribution >= 4 is 23.2 Å². The molecule has 5 nitrogen and oxygen atoms in total. The van der Waals surface area contributed by atoms with Crippen LogP contribution in [0.25, 0.3) is 0 Å². The van der Waals surface area contributed by atoms with E-state index < -0.39 is 0 Å². The predicted octanol–water partition coefficient (Wildman–Crippen LogP) is 3.17. The van der Waals surface area contributed by atoms with Crippen LogP contribution >= 0.6 is 11.6 Å². The minimum Gasteiger partial charge on any atom is -0.383 e. The molecule has 26 heavy (non-hydrogen) atoms. The molecule has 3 rings (SSSR count). The number of pyridine rings is 1. The van der Waals surface area contributed by atoms with Crippen molar-refractivity contribution < 1.29 is 4.79 Å². The highest BCUT2D eigenvalue weighted by atomic mass is 35.5. The van der Waals surface area contributed by atoms with Crippen LogP contribution in [0.5, 0.6) is 0 Å². The first-order chi connectivity index (χ1) is 12.7. The molecule has 2 aromatic rings. The molecule has 1 aromatic carbocycles. The summed E-state index contributed by atoms with van der Waals surface area (Å²) in [4.78, 5) is 21.2. The third-order valence-corrected chi connectivity index (χ3v) is 5.00. The number of hydrogen-bond acceptors (Lipinski definition) is 4. The molecule has 1 N–H and O–H groups in total. The minimum atomic E-state index is 0.0644. The molecule has 0 radical (unpaired) electrons. The Kier molecular flexibility index (Phi) is 6.47. The van der Waals surface area contributed by atoms with Gasteiger partial charge in [0, 0.05) is 50.1 Å². The summed E-state index contributed by atoms with van der Waals surface area (Å²) >= 11 is 5.91. The number of amides is 1. The molecule has 1 aliphatic rings. The average molecular weight is 373 g/mol. The van der Waals surface area contributed by atoms with Gasteiger partial charge in [-0.1, -0.05) is 30.7 Å². The van der Waals surface area contributed by atoms with Crippen LogP contribution in [0.15, 0.2) is 42.7 Å². The molecule has 0 unspecified atom stereocenters. The Hall–Kier alpha value is -2.11. The van der Waals surface area contributed by atoms with Crippen LogP contribution in [0, 0.1) is 0 Å². The summed E-state index contributed by atoms with van der Waals surface area (Å²) in [6.45, 7) is 7.40. The van der Waals surface area contributed by atoms with E-state index in [1.54, 1.807) is 12.4 Å². The van der Waals surface area contributed by atoms with E-state index in [-0.39, 0.29) is 5.91 Å². The standard InChI is InChI=1S/C20H25ClN4O/c1-2-24-9-11-25(12-10-24)20(26)17-13-19(15-22-14-17)23-8-7-16-3-5-18(21)6-4-16/h3-6,13-15,23H,2,7-12H2,1H3. The van der Waals surface area contributed by atoms with E-state index in [0.29, 0.717) is 5.56 Å². The van der Waals surface area contributed by atoms with Gasteiger partial charge in [0.2, 0.25) is 0 Å². The van der Waals surface area contributed by atoms with Crippen molar-refractivity contribution in [2.24, 2.45) is 0 Å². The van der Waals surface area contributed by atoms with Gasteiger partial charge in [-0.3, -0.25) is 9.78 Å². The summed E-state index contributed by atoms with van der Waals surface area (Å²) in [6, 6.07) is 9.74. The lowest BCUT2D eigenvalue weighted by atomic mass is 10.1. The fraction of sp³-hybridized carbons (Fsp3) is 0.400. The van der Waals surface area contributed by atoms with E-state index in [2.05, 4.69) is 22.1 Å². The molecule has 0 spiro atoms. The van der Waals surface area contributed by atoms with Crippen LogP contribution in [-0.4, -0.2) is 60.0 Å². The maximum Gasteiger partial charge on any atom is 0.255 e. The normalized spacial score (nSPS) is 15.1. The lowest BCUT2D eigenvalue weighted by Crippen LogP contribution is -2.48. The number of nitrogens with zero attached hydrogens (tertiary/aromatic N) is 3. The molecule has 2 heterocycles. The molecule has 6 heteroatoms. The zero-order valence-corrected chi connectivity index (χ0v) is 15.9. The number of carbonyl (C=O) groups is 1. The second kappa shape index (κ2) is 9.01. The maximum atomic E-state index is 12.7. The third-order valence-electron chi connectivity index (χ3n) is 4.75. The van der Waals surface area contributed by atoms with Crippen LogP contribution in [0.4, 0.5) is 5.69 Å². The van der Waals surface area contributed by atoms with E-state index in [9.17, 15) is 4.79 Å². The quantitative estimate of drug-likeness (QED) is 0.846. The highest BCUT2D eigenvalue weighted by Crippen LogP contribution is 2.14. The van der Waals surface area contributed by atoms with E-state index in [4.69, 9.17) is 11.6 Å². The summed E-state index contributed by atoms with van der Waals surface area (Å²) < 4.78 is 0. The Morgan fingerprint density at radius 2 is 1.88 bits per heavy atom. The molecule has 1 saturated heterocycles. The number of piperazine rings is 1. The maximum absolute atomic E-state index is 12.7. The van der Waals surface area contributed by atoms with Crippen LogP contribution < -0.4 is 5.32 Å². The lowest BCUT2D eigenvalue weighted by Gasteiger charge is -2.34. The number of hydrogen-bond donors (Lipinski definition) is 1. The van der Waals surface area contributed by atoms with Gasteiger partial charge in [0.1, 0.15) is 0 Å². The Morgan fingerprint density at radius 3 is 2.58 bits per heavy atom. The Balaban J connectivity index is 1.54. The number of benzene rings is 1. The fourth-order valence-electron chi connectivity index (χ4n) is 3.11. The molecule has 1 aromatic heterocycles. The largest absolute Gasteiger partial charge is 0.383 e. The lowest BCUT2D eigenvalue weighted by molar-refractivity contribution is 0.0643. The van der Waals surface area contributed by atoms with Crippen LogP contribution in [0.3, 0.4) is 0 Å². The topological polar surface area (TPSA) is 48.5 Å². The van der Waals surface area contributed by atoms with Crippen LogP contribution in [-0.2, 0) is 6.42 Å². The first-order valence-corrected chi connectivity index (χ1v) is 9.48. The molecule has 0 aliphatic carbocycles. The van der Waals surface area contributed by atoms with Crippen molar-refractivity contribution in [3.8, 4) is 0 Å². The number of anilines is 1. The molecule has 1 aliphatic heterocycles. The summed E-state index contributed by atoms with van der Waals surface area (Å²) in [5.74, 6) is 0.0644. The molecule has 0 bridgehead atoms. The average Bonchev–Trinajstić information content (AvgIpc) is 2.69. The van der Waals surface area contributed by atoms with Crippen molar-refractivity contribution in [2.45, 2.75) is 13.3 Å². The predicted molar refractivity (Wildman–Crippen MR) is 106 cm³/mol. The highest BCUT2D eigenvalue weighted by molar-refractivity contribution is 6.30. The summed E-state index contributed by atoms with van der Waals surface area (Å²) in [7, 11) is 0. The molecular weight excluding hydrogens is 348 g/mol. The summed E-state index contributed by atoms with van der Waals surface area (Å²) in [5.41, 5.74) is 2.74. The van der Waals surface area contributed by atoms with E-state index in [0.717, 1.165) is 56.4 Å². The summed E-state index contributed by atoms with van der Waals surface area (Å²) in [6.07, 6.45) is 4.29. The first-order valence-electron chi connectivity index (χ1n) is 9.10. The smallest absolute Gasteiger partial charge is 0.255 e. The number of aromatic nitrogens is 1. The van der Waals surface area contributed by atoms with E-state index in [1.807, 2.05) is 35.2 Å². The fourth-order valence-corrected chi connectivity index (χ4v) is 3.23. The zero-order valence-electron chi connectivity index (χ0n) is 15.1. The molecule has 0 atom stereocenters. The van der Waals surface area contributed by atoms with Crippen molar-refractivity contribution in [3.05, 3.63) is 58.9 Å². The number of nitrogens with one attached hydrogen (secondary N) is 1. The van der Waals surface area contributed by atoms with Crippen molar-refractivity contribution in [2.75, 3.05) is 44.6 Å². The Bertz CT molecular complexity index is 727. The van der Waals surface area contributed by atoms with Crippen LogP contribution in [0.1, 0.15) is 22.8 Å².